The quantitative estimate of drug-likeness (QED) is 0.718. The molecule has 7 heteroatoms. The third kappa shape index (κ3) is 5.61. The van der Waals surface area contributed by atoms with Crippen LogP contribution in [0.4, 0.5) is 26.3 Å². The van der Waals surface area contributed by atoms with E-state index in [4.69, 9.17) is 0 Å². The van der Waals surface area contributed by atoms with Crippen molar-refractivity contribution < 1.29 is 26.3 Å². The maximum Gasteiger partial charge on any atom is 0.401 e. The maximum absolute atomic E-state index is 12.5. The minimum absolute atomic E-state index is 0.0804. The molecular weight excluding hydrogens is 248 g/mol. The van der Waals surface area contributed by atoms with Gasteiger partial charge < -0.3 is 5.32 Å². The van der Waals surface area contributed by atoms with Crippen LogP contribution in [0, 0.1) is 5.92 Å². The third-order valence-electron chi connectivity index (χ3n) is 2.44. The summed E-state index contributed by atoms with van der Waals surface area (Å²) >= 11 is 0. The number of halogens is 6. The highest BCUT2D eigenvalue weighted by Gasteiger charge is 2.59. The van der Waals surface area contributed by atoms with Crippen molar-refractivity contribution in [2.45, 2.75) is 51.5 Å². The van der Waals surface area contributed by atoms with Crippen LogP contribution in [0.15, 0.2) is 0 Å². The highest BCUT2D eigenvalue weighted by molar-refractivity contribution is 4.86. The summed E-state index contributed by atoms with van der Waals surface area (Å²) in [7, 11) is 0. The van der Waals surface area contributed by atoms with Crippen molar-refractivity contribution in [1.82, 2.24) is 5.32 Å². The lowest BCUT2D eigenvalue weighted by molar-refractivity contribution is -0.292. The second-order valence-electron chi connectivity index (χ2n) is 3.87. The molecule has 0 aromatic carbocycles. The Bertz CT molecular complexity index is 196. The van der Waals surface area contributed by atoms with Gasteiger partial charge in [-0.1, -0.05) is 26.7 Å². The number of nitrogens with one attached hydrogen (secondary N) is 1. The molecule has 0 radical (unpaired) electrons. The second-order valence-corrected chi connectivity index (χ2v) is 3.87. The van der Waals surface area contributed by atoms with Crippen LogP contribution in [0.5, 0.6) is 0 Å². The Kier molecular flexibility index (Phi) is 6.29. The van der Waals surface area contributed by atoms with Gasteiger partial charge in [-0.05, 0) is 13.0 Å². The summed E-state index contributed by atoms with van der Waals surface area (Å²) in [5.41, 5.74) is 0. The molecule has 17 heavy (non-hydrogen) atoms. The summed E-state index contributed by atoms with van der Waals surface area (Å²) < 4.78 is 74.7. The van der Waals surface area contributed by atoms with Gasteiger partial charge in [0.25, 0.3) is 0 Å². The average molecular weight is 265 g/mol. The molecule has 0 saturated heterocycles. The number of hydrogen-bond acceptors (Lipinski definition) is 1. The van der Waals surface area contributed by atoms with E-state index >= 15 is 0 Å². The summed E-state index contributed by atoms with van der Waals surface area (Å²) in [5.74, 6) is -3.29. The zero-order chi connectivity index (χ0) is 13.7. The fourth-order valence-electron chi connectivity index (χ4n) is 1.71. The van der Waals surface area contributed by atoms with Gasteiger partial charge >= 0.3 is 12.4 Å². The van der Waals surface area contributed by atoms with Crippen molar-refractivity contribution in [3.63, 3.8) is 0 Å². The van der Waals surface area contributed by atoms with Gasteiger partial charge in [-0.15, -0.1) is 0 Å². The molecule has 0 aliphatic rings. The Morgan fingerprint density at radius 3 is 1.71 bits per heavy atom. The lowest BCUT2D eigenvalue weighted by Gasteiger charge is -2.31. The van der Waals surface area contributed by atoms with E-state index in [0.29, 0.717) is 12.8 Å². The Morgan fingerprint density at radius 1 is 0.941 bits per heavy atom. The largest absolute Gasteiger partial charge is 0.401 e. The second kappa shape index (κ2) is 6.47. The van der Waals surface area contributed by atoms with Crippen LogP contribution < -0.4 is 5.32 Å². The minimum Gasteiger partial charge on any atom is -0.313 e. The summed E-state index contributed by atoms with van der Waals surface area (Å²) in [6.45, 7) is 3.29. The Balaban J connectivity index is 4.94. The smallest absolute Gasteiger partial charge is 0.313 e. The van der Waals surface area contributed by atoms with Gasteiger partial charge in [-0.2, -0.15) is 26.3 Å². The molecule has 0 aliphatic carbocycles. The van der Waals surface area contributed by atoms with Crippen LogP contribution in [-0.2, 0) is 0 Å². The Hall–Kier alpha value is -0.460. The Morgan fingerprint density at radius 2 is 1.41 bits per heavy atom. The van der Waals surface area contributed by atoms with Crippen LogP contribution in [-0.4, -0.2) is 24.9 Å². The fraction of sp³-hybridized carbons (Fsp3) is 1.00. The SMILES string of the molecule is CCCCC(NCC)C(C(F)(F)F)C(F)(F)F. The fourth-order valence-corrected chi connectivity index (χ4v) is 1.71. The standard InChI is InChI=1S/C10H17F6N/c1-3-5-6-7(17-4-2)8(9(11,12)13)10(14,15)16/h7-8,17H,3-6H2,1-2H3. The third-order valence-corrected chi connectivity index (χ3v) is 2.44. The molecule has 0 aromatic heterocycles. The maximum atomic E-state index is 12.5. The molecule has 0 aliphatic heterocycles. The van der Waals surface area contributed by atoms with Crippen molar-refractivity contribution in [3.05, 3.63) is 0 Å². The van der Waals surface area contributed by atoms with Gasteiger partial charge in [-0.25, -0.2) is 0 Å². The number of alkyl halides is 6. The minimum atomic E-state index is -5.27. The summed E-state index contributed by atoms with van der Waals surface area (Å²) in [6.07, 6.45) is -9.77. The molecule has 0 heterocycles. The lowest BCUT2D eigenvalue weighted by Crippen LogP contribution is -2.51. The lowest BCUT2D eigenvalue weighted by atomic mass is 9.93. The van der Waals surface area contributed by atoms with E-state index in [2.05, 4.69) is 5.32 Å². The van der Waals surface area contributed by atoms with Crippen LogP contribution in [0.1, 0.15) is 33.1 Å². The molecular formula is C10H17F6N. The predicted molar refractivity (Wildman–Crippen MR) is 52.6 cm³/mol. The van der Waals surface area contributed by atoms with E-state index in [-0.39, 0.29) is 13.0 Å². The zero-order valence-corrected chi connectivity index (χ0v) is 9.75. The van der Waals surface area contributed by atoms with Crippen molar-refractivity contribution in [1.29, 1.82) is 0 Å². The first-order valence-electron chi connectivity index (χ1n) is 5.51. The molecule has 104 valence electrons. The topological polar surface area (TPSA) is 12.0 Å². The van der Waals surface area contributed by atoms with E-state index in [9.17, 15) is 26.3 Å². The van der Waals surface area contributed by atoms with Crippen molar-refractivity contribution >= 4 is 0 Å². The van der Waals surface area contributed by atoms with Gasteiger partial charge in [-0.3, -0.25) is 0 Å². The van der Waals surface area contributed by atoms with E-state index in [1.54, 1.807) is 6.92 Å². The molecule has 0 fully saturated rings. The van der Waals surface area contributed by atoms with Crippen LogP contribution in [0.25, 0.3) is 0 Å². The van der Waals surface area contributed by atoms with Gasteiger partial charge in [0.05, 0.1) is 0 Å². The first-order valence-corrected chi connectivity index (χ1v) is 5.51. The molecule has 0 aromatic rings. The van der Waals surface area contributed by atoms with Gasteiger partial charge in [0.15, 0.2) is 5.92 Å². The van der Waals surface area contributed by atoms with E-state index in [0.717, 1.165) is 0 Å². The van der Waals surface area contributed by atoms with Crippen LogP contribution >= 0.6 is 0 Å². The monoisotopic (exact) mass is 265 g/mol. The molecule has 1 unspecified atom stereocenters. The first-order chi connectivity index (χ1) is 7.64. The Labute approximate surface area is 96.6 Å². The van der Waals surface area contributed by atoms with E-state index < -0.39 is 24.3 Å². The molecule has 0 spiro atoms. The van der Waals surface area contributed by atoms with Crippen molar-refractivity contribution in [2.24, 2.45) is 5.92 Å². The van der Waals surface area contributed by atoms with E-state index in [1.807, 2.05) is 0 Å². The number of hydrogen-bond donors (Lipinski definition) is 1. The van der Waals surface area contributed by atoms with Crippen LogP contribution in [0.2, 0.25) is 0 Å². The van der Waals surface area contributed by atoms with Crippen LogP contribution in [0.3, 0.4) is 0 Å². The molecule has 1 nitrogen and oxygen atoms in total. The predicted octanol–water partition coefficient (Wildman–Crippen LogP) is 3.90. The van der Waals surface area contributed by atoms with Gasteiger partial charge in [0.2, 0.25) is 0 Å². The highest BCUT2D eigenvalue weighted by Crippen LogP contribution is 2.42. The zero-order valence-electron chi connectivity index (χ0n) is 9.75. The van der Waals surface area contributed by atoms with Crippen molar-refractivity contribution in [2.75, 3.05) is 6.54 Å². The molecule has 1 atom stereocenters. The number of rotatable bonds is 6. The van der Waals surface area contributed by atoms with E-state index in [1.165, 1.54) is 6.92 Å². The molecule has 0 bridgehead atoms. The average Bonchev–Trinajstić information content (AvgIpc) is 2.09. The summed E-state index contributed by atoms with van der Waals surface area (Å²) in [6, 6.07) is -1.60. The molecule has 0 rings (SSSR count). The molecule has 1 N–H and O–H groups in total. The normalized spacial score (nSPS) is 15.4. The van der Waals surface area contributed by atoms with Gasteiger partial charge in [0.1, 0.15) is 0 Å². The molecule has 0 saturated carbocycles. The van der Waals surface area contributed by atoms with Crippen molar-refractivity contribution in [3.8, 4) is 0 Å². The number of unbranched alkanes of at least 4 members (excludes halogenated alkanes) is 1. The first kappa shape index (κ1) is 16.5. The highest BCUT2D eigenvalue weighted by atomic mass is 19.4. The summed E-state index contributed by atoms with van der Waals surface area (Å²) in [5, 5.41) is 2.29. The molecule has 0 amide bonds. The summed E-state index contributed by atoms with van der Waals surface area (Å²) in [4.78, 5) is 0. The van der Waals surface area contributed by atoms with Gasteiger partial charge in [0, 0.05) is 6.04 Å².